The molecule has 0 aliphatic heterocycles. The molecule has 0 aliphatic carbocycles. The van der Waals surface area contributed by atoms with Crippen LogP contribution in [0.4, 0.5) is 0 Å². The number of furan rings is 1. The second kappa shape index (κ2) is 6.63. The second-order valence-corrected chi connectivity index (χ2v) is 6.95. The molecule has 0 amide bonds. The van der Waals surface area contributed by atoms with Gasteiger partial charge in [-0.25, -0.2) is 9.67 Å². The molecule has 4 heterocycles. The fourth-order valence-corrected chi connectivity index (χ4v) is 3.57. The van der Waals surface area contributed by atoms with Gasteiger partial charge in [0.15, 0.2) is 5.58 Å². The molecular weight excluding hydrogens is 376 g/mol. The number of hydrogen-bond acceptors (Lipinski definition) is 4. The zero-order chi connectivity index (χ0) is 19.9. The fourth-order valence-electron chi connectivity index (χ4n) is 3.57. The molecule has 0 atom stereocenters. The van der Waals surface area contributed by atoms with Crippen LogP contribution >= 0.6 is 0 Å². The highest BCUT2D eigenvalue weighted by molar-refractivity contribution is 5.74. The molecule has 2 aromatic carbocycles. The Morgan fingerprint density at radius 2 is 1.77 bits per heavy atom. The van der Waals surface area contributed by atoms with Crippen molar-refractivity contribution in [3.8, 4) is 28.4 Å². The summed E-state index contributed by atoms with van der Waals surface area (Å²) in [6.07, 6.45) is 7.38. The molecule has 0 spiro atoms. The van der Waals surface area contributed by atoms with E-state index < -0.39 is 0 Å². The summed E-state index contributed by atoms with van der Waals surface area (Å²) in [7, 11) is 0. The van der Waals surface area contributed by atoms with E-state index >= 15 is 0 Å². The van der Waals surface area contributed by atoms with Gasteiger partial charge in [0.25, 0.3) is 0 Å². The van der Waals surface area contributed by atoms with Gasteiger partial charge in [0.05, 0.1) is 23.8 Å². The standard InChI is InChI=1S/C24H16N4O2/c1-2-11-27-16-21(26-24(27)9-1)17-5-3-7-19(13-17)30-20-8-4-6-18(14-20)28-22-10-12-29-23(22)15-25-28/h1-16H. The van der Waals surface area contributed by atoms with Crippen molar-refractivity contribution in [2.24, 2.45) is 0 Å². The third-order valence-corrected chi connectivity index (χ3v) is 4.98. The summed E-state index contributed by atoms with van der Waals surface area (Å²) in [4.78, 5) is 4.69. The minimum Gasteiger partial charge on any atom is -0.461 e. The van der Waals surface area contributed by atoms with Gasteiger partial charge in [-0.3, -0.25) is 0 Å². The Morgan fingerprint density at radius 3 is 2.70 bits per heavy atom. The van der Waals surface area contributed by atoms with E-state index in [9.17, 15) is 0 Å². The fraction of sp³-hybridized carbons (Fsp3) is 0. The molecule has 0 radical (unpaired) electrons. The van der Waals surface area contributed by atoms with Crippen molar-refractivity contribution in [2.75, 3.05) is 0 Å². The first kappa shape index (κ1) is 16.6. The molecule has 0 saturated carbocycles. The molecule has 0 saturated heterocycles. The van der Waals surface area contributed by atoms with Gasteiger partial charge >= 0.3 is 0 Å². The number of hydrogen-bond donors (Lipinski definition) is 0. The molecule has 0 aliphatic rings. The van der Waals surface area contributed by atoms with E-state index in [0.717, 1.165) is 45.2 Å². The molecule has 6 rings (SSSR count). The Kier molecular flexibility index (Phi) is 3.67. The van der Waals surface area contributed by atoms with Gasteiger partial charge in [0.2, 0.25) is 0 Å². The van der Waals surface area contributed by atoms with Gasteiger partial charge in [-0.1, -0.05) is 24.3 Å². The number of pyridine rings is 1. The molecule has 4 aromatic heterocycles. The number of aromatic nitrogens is 4. The van der Waals surface area contributed by atoms with Gasteiger partial charge in [-0.05, 0) is 36.4 Å². The lowest BCUT2D eigenvalue weighted by Crippen LogP contribution is -1.95. The summed E-state index contributed by atoms with van der Waals surface area (Å²) >= 11 is 0. The van der Waals surface area contributed by atoms with Crippen LogP contribution in [-0.4, -0.2) is 19.2 Å². The summed E-state index contributed by atoms with van der Waals surface area (Å²) in [5.74, 6) is 1.47. The average molecular weight is 392 g/mol. The molecule has 6 aromatic rings. The Balaban J connectivity index is 1.32. The Labute approximate surface area is 171 Å². The Bertz CT molecular complexity index is 1460. The molecule has 6 heteroatoms. The average Bonchev–Trinajstić information content (AvgIpc) is 3.49. The molecule has 144 valence electrons. The number of imidazole rings is 1. The predicted molar refractivity (Wildman–Crippen MR) is 114 cm³/mol. The summed E-state index contributed by atoms with van der Waals surface area (Å²) in [5.41, 5.74) is 5.39. The van der Waals surface area contributed by atoms with Crippen LogP contribution in [0.3, 0.4) is 0 Å². The number of ether oxygens (including phenoxy) is 1. The number of fused-ring (bicyclic) bond motifs is 2. The first-order valence-corrected chi connectivity index (χ1v) is 9.57. The van der Waals surface area contributed by atoms with Gasteiger partial charge in [0, 0.05) is 30.1 Å². The summed E-state index contributed by atoms with van der Waals surface area (Å²) in [6, 6.07) is 23.6. The lowest BCUT2D eigenvalue weighted by molar-refractivity contribution is 0.482. The van der Waals surface area contributed by atoms with Crippen LogP contribution in [0.15, 0.2) is 102 Å². The van der Waals surface area contributed by atoms with Crippen LogP contribution < -0.4 is 4.74 Å². The van der Waals surface area contributed by atoms with Crippen LogP contribution in [0, 0.1) is 0 Å². The highest BCUT2D eigenvalue weighted by Gasteiger charge is 2.09. The van der Waals surface area contributed by atoms with E-state index in [2.05, 4.69) is 10.1 Å². The van der Waals surface area contributed by atoms with E-state index in [4.69, 9.17) is 9.15 Å². The van der Waals surface area contributed by atoms with Crippen LogP contribution in [0.5, 0.6) is 11.5 Å². The maximum atomic E-state index is 6.15. The number of nitrogens with zero attached hydrogens (tertiary/aromatic N) is 4. The van der Waals surface area contributed by atoms with Crippen molar-refractivity contribution in [2.45, 2.75) is 0 Å². The Morgan fingerprint density at radius 1 is 0.867 bits per heavy atom. The maximum absolute atomic E-state index is 6.15. The van der Waals surface area contributed by atoms with Crippen molar-refractivity contribution in [3.63, 3.8) is 0 Å². The first-order chi connectivity index (χ1) is 14.8. The minimum absolute atomic E-state index is 0.729. The molecule has 0 fully saturated rings. The third-order valence-electron chi connectivity index (χ3n) is 4.98. The van der Waals surface area contributed by atoms with Gasteiger partial charge < -0.3 is 13.6 Å². The van der Waals surface area contributed by atoms with Crippen LogP contribution in [0.2, 0.25) is 0 Å². The molecule has 6 nitrogen and oxygen atoms in total. The van der Waals surface area contributed by atoms with Crippen LogP contribution in [-0.2, 0) is 0 Å². The smallest absolute Gasteiger partial charge is 0.172 e. The monoisotopic (exact) mass is 392 g/mol. The molecular formula is C24H16N4O2. The van der Waals surface area contributed by atoms with Crippen molar-refractivity contribution in [1.82, 2.24) is 19.2 Å². The van der Waals surface area contributed by atoms with Crippen molar-refractivity contribution in [1.29, 1.82) is 0 Å². The van der Waals surface area contributed by atoms with E-state index in [-0.39, 0.29) is 0 Å². The summed E-state index contributed by atoms with van der Waals surface area (Å²) in [6.45, 7) is 0. The zero-order valence-electron chi connectivity index (χ0n) is 15.8. The normalized spacial score (nSPS) is 11.3. The van der Waals surface area contributed by atoms with Crippen LogP contribution in [0.25, 0.3) is 33.7 Å². The van der Waals surface area contributed by atoms with E-state index in [1.165, 1.54) is 0 Å². The lowest BCUT2D eigenvalue weighted by atomic mass is 10.1. The van der Waals surface area contributed by atoms with Gasteiger partial charge in [-0.15, -0.1) is 0 Å². The number of rotatable bonds is 4. The first-order valence-electron chi connectivity index (χ1n) is 9.57. The van der Waals surface area contributed by atoms with Crippen LogP contribution in [0.1, 0.15) is 0 Å². The highest BCUT2D eigenvalue weighted by Crippen LogP contribution is 2.29. The minimum atomic E-state index is 0.729. The topological polar surface area (TPSA) is 57.5 Å². The Hall–Kier alpha value is -4.32. The maximum Gasteiger partial charge on any atom is 0.172 e. The quantitative estimate of drug-likeness (QED) is 0.385. The molecule has 0 unspecified atom stereocenters. The predicted octanol–water partition coefficient (Wildman–Crippen LogP) is 5.73. The zero-order valence-corrected chi connectivity index (χ0v) is 15.8. The SMILES string of the molecule is c1cc(Oc2cccc(-n3ncc4occc43)c2)cc(-c2cn3ccccc3n2)c1. The number of benzene rings is 2. The summed E-state index contributed by atoms with van der Waals surface area (Å²) < 4.78 is 15.4. The second-order valence-electron chi connectivity index (χ2n) is 6.95. The summed E-state index contributed by atoms with van der Waals surface area (Å²) in [5, 5.41) is 4.41. The van der Waals surface area contributed by atoms with E-state index in [1.54, 1.807) is 12.5 Å². The van der Waals surface area contributed by atoms with Crippen molar-refractivity contribution in [3.05, 3.63) is 97.7 Å². The lowest BCUT2D eigenvalue weighted by Gasteiger charge is -2.09. The van der Waals surface area contributed by atoms with Gasteiger partial charge in [0.1, 0.15) is 22.7 Å². The molecule has 0 N–H and O–H groups in total. The van der Waals surface area contributed by atoms with E-state index in [0.29, 0.717) is 0 Å². The van der Waals surface area contributed by atoms with Gasteiger partial charge in [-0.2, -0.15) is 5.10 Å². The van der Waals surface area contributed by atoms with E-state index in [1.807, 2.05) is 94.3 Å². The third kappa shape index (κ3) is 2.82. The van der Waals surface area contributed by atoms with Crippen molar-refractivity contribution < 1.29 is 9.15 Å². The molecule has 0 bridgehead atoms. The highest BCUT2D eigenvalue weighted by atomic mass is 16.5. The van der Waals surface area contributed by atoms with Crippen molar-refractivity contribution >= 4 is 16.7 Å². The molecule has 30 heavy (non-hydrogen) atoms. The largest absolute Gasteiger partial charge is 0.461 e.